The van der Waals surface area contributed by atoms with E-state index in [-0.39, 0.29) is 17.1 Å². The molecule has 0 aliphatic heterocycles. The van der Waals surface area contributed by atoms with Crippen LogP contribution in [0.4, 0.5) is 11.4 Å². The quantitative estimate of drug-likeness (QED) is 0.565. The number of benzene rings is 2. The van der Waals surface area contributed by atoms with Crippen molar-refractivity contribution >= 4 is 21.4 Å². The topological polar surface area (TPSA) is 89.8 Å². The van der Waals surface area contributed by atoms with Gasteiger partial charge >= 0.3 is 0 Å². The van der Waals surface area contributed by atoms with E-state index >= 15 is 0 Å². The predicted molar refractivity (Wildman–Crippen MR) is 90.9 cm³/mol. The van der Waals surface area contributed by atoms with Gasteiger partial charge in [0.1, 0.15) is 5.75 Å². The van der Waals surface area contributed by atoms with Crippen molar-refractivity contribution in [1.82, 2.24) is 0 Å². The summed E-state index contributed by atoms with van der Waals surface area (Å²) in [5.74, 6) is 0.465. The second-order valence-electron chi connectivity index (χ2n) is 4.82. The van der Waals surface area contributed by atoms with Gasteiger partial charge in [0.2, 0.25) is 0 Å². The molecule has 128 valence electrons. The molecule has 0 saturated heterocycles. The van der Waals surface area contributed by atoms with Crippen LogP contribution in [0.3, 0.4) is 0 Å². The van der Waals surface area contributed by atoms with Crippen LogP contribution in [0, 0.1) is 10.1 Å². The number of para-hydroxylation sites is 2. The van der Waals surface area contributed by atoms with Gasteiger partial charge in [-0.25, -0.2) is 8.42 Å². The highest BCUT2D eigenvalue weighted by molar-refractivity contribution is 7.92. The van der Waals surface area contributed by atoms with Crippen molar-refractivity contribution in [2.24, 2.45) is 0 Å². The summed E-state index contributed by atoms with van der Waals surface area (Å²) < 4.78 is 32.5. The molecule has 0 bridgehead atoms. The average molecular weight is 350 g/mol. The van der Waals surface area contributed by atoms with Crippen LogP contribution in [-0.4, -0.2) is 26.5 Å². The average Bonchev–Trinajstić information content (AvgIpc) is 2.57. The summed E-state index contributed by atoms with van der Waals surface area (Å²) in [6.45, 7) is 4.14. The number of anilines is 1. The molecule has 0 unspecified atom stereocenters. The molecule has 0 atom stereocenters. The summed E-state index contributed by atoms with van der Waals surface area (Å²) in [5.41, 5.74) is 0.270. The molecule has 0 radical (unpaired) electrons. The van der Waals surface area contributed by atoms with Crippen LogP contribution in [0.25, 0.3) is 0 Å². The molecule has 0 spiro atoms. The van der Waals surface area contributed by atoms with Crippen LogP contribution < -0.4 is 9.04 Å². The van der Waals surface area contributed by atoms with E-state index in [2.05, 4.69) is 0 Å². The zero-order chi connectivity index (χ0) is 17.7. The first-order chi connectivity index (χ1) is 11.4. The number of nitrogens with zero attached hydrogens (tertiary/aromatic N) is 2. The fraction of sp³-hybridized carbons (Fsp3) is 0.250. The summed E-state index contributed by atoms with van der Waals surface area (Å²) >= 11 is 0. The zero-order valence-electron chi connectivity index (χ0n) is 13.4. The van der Waals surface area contributed by atoms with E-state index in [1.54, 1.807) is 31.2 Å². The Morgan fingerprint density at radius 1 is 1.08 bits per heavy atom. The maximum absolute atomic E-state index is 12.9. The third-order valence-electron chi connectivity index (χ3n) is 3.36. The van der Waals surface area contributed by atoms with E-state index in [0.29, 0.717) is 18.0 Å². The Bertz CT molecular complexity index is 819. The first-order valence-electron chi connectivity index (χ1n) is 7.40. The molecule has 0 saturated carbocycles. The molecule has 0 aromatic heterocycles. The minimum absolute atomic E-state index is 0.0127. The van der Waals surface area contributed by atoms with Crippen LogP contribution >= 0.6 is 0 Å². The van der Waals surface area contributed by atoms with Gasteiger partial charge in [0.25, 0.3) is 15.7 Å². The normalized spacial score (nSPS) is 11.1. The molecule has 8 heteroatoms. The summed E-state index contributed by atoms with van der Waals surface area (Å²) in [6, 6.07) is 11.7. The summed E-state index contributed by atoms with van der Waals surface area (Å²) in [5, 5.41) is 10.7. The minimum atomic E-state index is -3.86. The third-order valence-corrected chi connectivity index (χ3v) is 5.26. The molecule has 0 aliphatic carbocycles. The Kier molecular flexibility index (Phi) is 5.40. The van der Waals surface area contributed by atoms with Gasteiger partial charge < -0.3 is 4.74 Å². The SMILES string of the molecule is CCOc1ccccc1N(CC)S(=O)(=O)c1ccc([N+](=O)[O-])cc1. The van der Waals surface area contributed by atoms with Gasteiger partial charge in [-0.1, -0.05) is 12.1 Å². The predicted octanol–water partition coefficient (Wildman–Crippen LogP) is 3.21. The Labute approximate surface area is 140 Å². The molecule has 2 rings (SSSR count). The van der Waals surface area contributed by atoms with Crippen molar-refractivity contribution in [2.45, 2.75) is 18.7 Å². The molecule has 7 nitrogen and oxygen atoms in total. The van der Waals surface area contributed by atoms with Crippen molar-refractivity contribution in [3.8, 4) is 5.75 Å². The molecule has 2 aromatic carbocycles. The summed E-state index contributed by atoms with van der Waals surface area (Å²) in [7, 11) is -3.86. The standard InChI is InChI=1S/C16H18N2O5S/c1-3-17(15-7-5-6-8-16(15)23-4-2)24(21,22)14-11-9-13(10-12-14)18(19)20/h5-12H,3-4H2,1-2H3. The third kappa shape index (κ3) is 3.48. The first kappa shape index (κ1) is 17.7. The molecular formula is C16H18N2O5S. The van der Waals surface area contributed by atoms with Crippen LogP contribution in [0.1, 0.15) is 13.8 Å². The van der Waals surface area contributed by atoms with Crippen LogP contribution in [-0.2, 0) is 10.0 Å². The maximum Gasteiger partial charge on any atom is 0.269 e. The van der Waals surface area contributed by atoms with E-state index in [0.717, 1.165) is 0 Å². The fourth-order valence-corrected chi connectivity index (χ4v) is 3.76. The van der Waals surface area contributed by atoms with E-state index < -0.39 is 14.9 Å². The Balaban J connectivity index is 2.47. The molecule has 2 aromatic rings. The number of nitro groups is 1. The molecule has 0 amide bonds. The monoisotopic (exact) mass is 350 g/mol. The van der Waals surface area contributed by atoms with Gasteiger partial charge in [0.15, 0.2) is 0 Å². The number of non-ortho nitro benzene ring substituents is 1. The van der Waals surface area contributed by atoms with Crippen molar-refractivity contribution in [3.05, 3.63) is 58.6 Å². The van der Waals surface area contributed by atoms with Crippen LogP contribution in [0.2, 0.25) is 0 Å². The lowest BCUT2D eigenvalue weighted by molar-refractivity contribution is -0.384. The molecule has 0 N–H and O–H groups in total. The highest BCUT2D eigenvalue weighted by atomic mass is 32.2. The summed E-state index contributed by atoms with van der Waals surface area (Å²) in [4.78, 5) is 10.1. The van der Waals surface area contributed by atoms with Gasteiger partial charge in [-0.3, -0.25) is 14.4 Å². The largest absolute Gasteiger partial charge is 0.492 e. The Morgan fingerprint density at radius 3 is 2.25 bits per heavy atom. The van der Waals surface area contributed by atoms with Crippen molar-refractivity contribution in [3.63, 3.8) is 0 Å². The fourth-order valence-electron chi connectivity index (χ4n) is 2.28. The second kappa shape index (κ2) is 7.31. The van der Waals surface area contributed by atoms with E-state index in [1.165, 1.54) is 28.6 Å². The molecule has 0 fully saturated rings. The number of rotatable bonds is 7. The number of hydrogen-bond donors (Lipinski definition) is 0. The van der Waals surface area contributed by atoms with Gasteiger partial charge in [-0.2, -0.15) is 0 Å². The molecule has 24 heavy (non-hydrogen) atoms. The lowest BCUT2D eigenvalue weighted by Crippen LogP contribution is -2.31. The van der Waals surface area contributed by atoms with E-state index in [9.17, 15) is 18.5 Å². The molecule has 0 heterocycles. The zero-order valence-corrected chi connectivity index (χ0v) is 14.2. The maximum atomic E-state index is 12.9. The van der Waals surface area contributed by atoms with Crippen LogP contribution in [0.5, 0.6) is 5.75 Å². The smallest absolute Gasteiger partial charge is 0.269 e. The number of ether oxygens (including phenoxy) is 1. The van der Waals surface area contributed by atoms with Crippen molar-refractivity contribution in [2.75, 3.05) is 17.5 Å². The number of nitro benzene ring substituents is 1. The summed E-state index contributed by atoms with van der Waals surface area (Å²) in [6.07, 6.45) is 0. The van der Waals surface area contributed by atoms with Crippen LogP contribution in [0.15, 0.2) is 53.4 Å². The number of hydrogen-bond acceptors (Lipinski definition) is 5. The highest BCUT2D eigenvalue weighted by Crippen LogP contribution is 2.32. The number of sulfonamides is 1. The Hall–Kier alpha value is -2.61. The van der Waals surface area contributed by atoms with Gasteiger partial charge in [0.05, 0.1) is 22.1 Å². The van der Waals surface area contributed by atoms with E-state index in [1.807, 2.05) is 6.92 Å². The van der Waals surface area contributed by atoms with Crippen molar-refractivity contribution in [1.29, 1.82) is 0 Å². The molecular weight excluding hydrogens is 332 g/mol. The second-order valence-corrected chi connectivity index (χ2v) is 6.68. The minimum Gasteiger partial charge on any atom is -0.492 e. The molecule has 0 aliphatic rings. The first-order valence-corrected chi connectivity index (χ1v) is 8.84. The lowest BCUT2D eigenvalue weighted by atomic mass is 10.3. The van der Waals surface area contributed by atoms with Gasteiger partial charge in [0, 0.05) is 18.7 Å². The van der Waals surface area contributed by atoms with Crippen molar-refractivity contribution < 1.29 is 18.1 Å². The lowest BCUT2D eigenvalue weighted by Gasteiger charge is -2.25. The van der Waals surface area contributed by atoms with E-state index in [4.69, 9.17) is 4.74 Å². The van der Waals surface area contributed by atoms with Gasteiger partial charge in [-0.15, -0.1) is 0 Å². The highest BCUT2D eigenvalue weighted by Gasteiger charge is 2.26. The Morgan fingerprint density at radius 2 is 1.71 bits per heavy atom. The van der Waals surface area contributed by atoms with Gasteiger partial charge in [-0.05, 0) is 38.1 Å².